The molecule has 3 rings (SSSR count). The number of carboxylic acids is 2. The molecule has 0 saturated heterocycles. The maximum atomic E-state index is 13.4. The first-order chi connectivity index (χ1) is 15.3. The highest BCUT2D eigenvalue weighted by Gasteiger charge is 2.30. The zero-order valence-electron chi connectivity index (χ0n) is 16.7. The van der Waals surface area contributed by atoms with Gasteiger partial charge in [-0.25, -0.2) is 14.0 Å². The van der Waals surface area contributed by atoms with E-state index in [9.17, 15) is 34.1 Å². The van der Waals surface area contributed by atoms with Gasteiger partial charge in [-0.1, -0.05) is 42.5 Å². The third kappa shape index (κ3) is 5.35. The summed E-state index contributed by atoms with van der Waals surface area (Å²) in [5.74, 6) is -4.39. The third-order valence-corrected chi connectivity index (χ3v) is 4.76. The summed E-state index contributed by atoms with van der Waals surface area (Å²) in [5, 5.41) is 35.2. The molecule has 0 radical (unpaired) electrons. The Morgan fingerprint density at radius 1 is 1.03 bits per heavy atom. The molecule has 0 bridgehead atoms. The Morgan fingerprint density at radius 3 is 2.34 bits per heavy atom. The number of nitrogens with zero attached hydrogens (tertiary/aromatic N) is 2. The van der Waals surface area contributed by atoms with Crippen LogP contribution in [0.1, 0.15) is 32.0 Å². The van der Waals surface area contributed by atoms with E-state index >= 15 is 0 Å². The van der Waals surface area contributed by atoms with Crippen LogP contribution < -0.4 is 5.32 Å². The van der Waals surface area contributed by atoms with Crippen molar-refractivity contribution >= 4 is 17.8 Å². The number of aliphatic hydroxyl groups excluding tert-OH is 1. The van der Waals surface area contributed by atoms with E-state index in [4.69, 9.17) is 0 Å². The number of aliphatic carboxylic acids is 1. The molecule has 32 heavy (non-hydrogen) atoms. The number of hydrogen-bond acceptors (Lipinski definition) is 5. The number of aliphatic hydroxyl groups is 1. The van der Waals surface area contributed by atoms with Crippen molar-refractivity contribution in [1.82, 2.24) is 15.1 Å². The fourth-order valence-electron chi connectivity index (χ4n) is 3.23. The molecule has 1 heterocycles. The third-order valence-electron chi connectivity index (χ3n) is 4.76. The number of carboxylic acid groups (broad SMARTS) is 2. The quantitative estimate of drug-likeness (QED) is 0.395. The maximum Gasteiger partial charge on any atom is 0.355 e. The molecule has 2 aromatic carbocycles. The monoisotopic (exact) mass is 441 g/mol. The van der Waals surface area contributed by atoms with Crippen LogP contribution in [0, 0.1) is 5.82 Å². The van der Waals surface area contributed by atoms with E-state index in [0.717, 1.165) is 10.9 Å². The van der Waals surface area contributed by atoms with E-state index in [2.05, 4.69) is 10.4 Å². The lowest BCUT2D eigenvalue weighted by molar-refractivity contribution is -0.148. The summed E-state index contributed by atoms with van der Waals surface area (Å²) in [4.78, 5) is 36.0. The number of hydrogen-bond donors (Lipinski definition) is 4. The van der Waals surface area contributed by atoms with E-state index in [0.29, 0.717) is 11.1 Å². The molecule has 166 valence electrons. The number of amides is 1. The van der Waals surface area contributed by atoms with Crippen LogP contribution in [0.25, 0.3) is 0 Å². The Bertz CT molecular complexity index is 1130. The van der Waals surface area contributed by atoms with Crippen LogP contribution in [0.2, 0.25) is 0 Å². The van der Waals surface area contributed by atoms with E-state index in [1.54, 1.807) is 36.4 Å². The Hall–Kier alpha value is -4.05. The van der Waals surface area contributed by atoms with Crippen molar-refractivity contribution in [2.45, 2.75) is 25.1 Å². The van der Waals surface area contributed by atoms with Crippen LogP contribution >= 0.6 is 0 Å². The molecule has 0 aliphatic heterocycles. The molecule has 0 aliphatic rings. The van der Waals surface area contributed by atoms with Crippen molar-refractivity contribution in [3.8, 4) is 0 Å². The van der Waals surface area contributed by atoms with Gasteiger partial charge in [0.05, 0.1) is 24.3 Å². The van der Waals surface area contributed by atoms with Gasteiger partial charge in [0.1, 0.15) is 5.82 Å². The summed E-state index contributed by atoms with van der Waals surface area (Å²) in [6, 6.07) is 12.9. The fourth-order valence-corrected chi connectivity index (χ4v) is 3.23. The molecule has 2 atom stereocenters. The molecular formula is C22H20FN3O6. The highest BCUT2D eigenvalue weighted by atomic mass is 19.1. The minimum absolute atomic E-state index is 0.000118. The molecular weight excluding hydrogens is 421 g/mol. The van der Waals surface area contributed by atoms with Crippen LogP contribution in [0.5, 0.6) is 0 Å². The number of nitrogens with one attached hydrogen (secondary N) is 1. The molecule has 1 aromatic heterocycles. The number of carbonyl (C=O) groups is 3. The first-order valence-electron chi connectivity index (χ1n) is 9.55. The van der Waals surface area contributed by atoms with Gasteiger partial charge in [-0.3, -0.25) is 9.48 Å². The number of rotatable bonds is 9. The van der Waals surface area contributed by atoms with Crippen LogP contribution in [0.3, 0.4) is 0 Å². The molecule has 1 amide bonds. The summed E-state index contributed by atoms with van der Waals surface area (Å²) in [7, 11) is 0. The lowest BCUT2D eigenvalue weighted by Gasteiger charge is -2.21. The first-order valence-corrected chi connectivity index (χ1v) is 9.55. The van der Waals surface area contributed by atoms with Crippen molar-refractivity contribution in [1.29, 1.82) is 0 Å². The van der Waals surface area contributed by atoms with Gasteiger partial charge in [0, 0.05) is 0 Å². The van der Waals surface area contributed by atoms with Gasteiger partial charge in [0.2, 0.25) is 0 Å². The van der Waals surface area contributed by atoms with Crippen molar-refractivity contribution in [3.63, 3.8) is 0 Å². The SMILES string of the molecule is O=C(N[C@H](Cc1ccccc1)[C@@H](O)C(=O)O)c1cnn(Cc2cccc(F)c2)c1C(=O)O. The number of halogens is 1. The lowest BCUT2D eigenvalue weighted by Crippen LogP contribution is -2.48. The van der Waals surface area contributed by atoms with Crippen molar-refractivity contribution in [3.05, 3.63) is 89.0 Å². The highest BCUT2D eigenvalue weighted by molar-refractivity contribution is 6.04. The van der Waals surface area contributed by atoms with Crippen LogP contribution in [-0.2, 0) is 17.8 Å². The van der Waals surface area contributed by atoms with E-state index in [1.807, 2.05) is 0 Å². The average molecular weight is 441 g/mol. The molecule has 0 spiro atoms. The smallest absolute Gasteiger partial charge is 0.355 e. The molecule has 4 N–H and O–H groups in total. The Kier molecular flexibility index (Phi) is 6.96. The average Bonchev–Trinajstić information content (AvgIpc) is 3.17. The molecule has 9 nitrogen and oxygen atoms in total. The van der Waals surface area contributed by atoms with Crippen molar-refractivity contribution < 1.29 is 34.1 Å². The second kappa shape index (κ2) is 9.84. The predicted octanol–water partition coefficient (Wildman–Crippen LogP) is 1.56. The van der Waals surface area contributed by atoms with Gasteiger partial charge in [-0.15, -0.1) is 0 Å². The summed E-state index contributed by atoms with van der Waals surface area (Å²) in [5.41, 5.74) is 0.337. The maximum absolute atomic E-state index is 13.4. The largest absolute Gasteiger partial charge is 0.479 e. The summed E-state index contributed by atoms with van der Waals surface area (Å²) in [6.45, 7) is -0.0993. The van der Waals surface area contributed by atoms with Gasteiger partial charge in [0.15, 0.2) is 11.8 Å². The van der Waals surface area contributed by atoms with Gasteiger partial charge >= 0.3 is 11.9 Å². The van der Waals surface area contributed by atoms with Gasteiger partial charge < -0.3 is 20.6 Å². The van der Waals surface area contributed by atoms with Gasteiger partial charge in [-0.05, 0) is 29.7 Å². The molecule has 3 aromatic rings. The number of carbonyl (C=O) groups excluding carboxylic acids is 1. The number of aromatic nitrogens is 2. The Morgan fingerprint density at radius 2 is 1.72 bits per heavy atom. The molecule has 0 fully saturated rings. The van der Waals surface area contributed by atoms with Crippen molar-refractivity contribution in [2.24, 2.45) is 0 Å². The molecule has 10 heteroatoms. The van der Waals surface area contributed by atoms with Crippen molar-refractivity contribution in [2.75, 3.05) is 0 Å². The summed E-state index contributed by atoms with van der Waals surface area (Å²) < 4.78 is 14.5. The molecule has 0 aliphatic carbocycles. The topological polar surface area (TPSA) is 142 Å². The second-order valence-corrected chi connectivity index (χ2v) is 7.05. The number of aromatic carboxylic acids is 1. The minimum atomic E-state index is -1.92. The fraction of sp³-hybridized carbons (Fsp3) is 0.182. The minimum Gasteiger partial charge on any atom is -0.479 e. The standard InChI is InChI=1S/C22H20FN3O6/c23-15-8-4-7-14(9-15)12-26-18(21(29)30)16(11-24-26)20(28)25-17(19(27)22(31)32)10-13-5-2-1-3-6-13/h1-9,11,17,19,27H,10,12H2,(H,25,28)(H,29,30)(H,31,32)/t17-,19-/m1/s1. The van der Waals surface area contributed by atoms with Crippen LogP contribution in [0.4, 0.5) is 4.39 Å². The van der Waals surface area contributed by atoms with E-state index in [-0.39, 0.29) is 18.5 Å². The zero-order chi connectivity index (χ0) is 23.3. The molecule has 0 unspecified atom stereocenters. The molecule has 0 saturated carbocycles. The zero-order valence-corrected chi connectivity index (χ0v) is 16.7. The predicted molar refractivity (Wildman–Crippen MR) is 110 cm³/mol. The second-order valence-electron chi connectivity index (χ2n) is 7.05. The summed E-state index contributed by atoms with van der Waals surface area (Å²) in [6.07, 6.45) is -0.889. The van der Waals surface area contributed by atoms with E-state index < -0.39 is 41.5 Å². The Balaban J connectivity index is 1.86. The van der Waals surface area contributed by atoms with E-state index in [1.165, 1.54) is 18.2 Å². The van der Waals surface area contributed by atoms with Crippen LogP contribution in [0.15, 0.2) is 60.8 Å². The lowest BCUT2D eigenvalue weighted by atomic mass is 10.0. The highest BCUT2D eigenvalue weighted by Crippen LogP contribution is 2.14. The summed E-state index contributed by atoms with van der Waals surface area (Å²) >= 11 is 0. The van der Waals surface area contributed by atoms with Gasteiger partial charge in [-0.2, -0.15) is 5.10 Å². The van der Waals surface area contributed by atoms with Gasteiger partial charge in [0.25, 0.3) is 5.91 Å². The Labute approximate surface area is 181 Å². The normalized spacial score (nSPS) is 12.7. The van der Waals surface area contributed by atoms with Crippen LogP contribution in [-0.4, -0.2) is 55.1 Å². The number of benzene rings is 2. The first kappa shape index (κ1) is 22.6.